The molecule has 4 nitrogen and oxygen atoms in total. The monoisotopic (exact) mass is 255 g/mol. The van der Waals surface area contributed by atoms with Crippen LogP contribution in [0.5, 0.6) is 0 Å². The molecule has 3 N–H and O–H groups in total. The summed E-state index contributed by atoms with van der Waals surface area (Å²) in [6.07, 6.45) is -4.71. The highest BCUT2D eigenvalue weighted by molar-refractivity contribution is 5.76. The number of benzene rings is 1. The predicted octanol–water partition coefficient (Wildman–Crippen LogP) is 2.04. The second-order valence-corrected chi connectivity index (χ2v) is 3.54. The minimum atomic E-state index is -4.71. The zero-order valence-electron chi connectivity index (χ0n) is 8.95. The zero-order valence-corrected chi connectivity index (χ0v) is 8.95. The molecular formula is C11H8F3N3O. The van der Waals surface area contributed by atoms with Crippen LogP contribution in [0.3, 0.4) is 0 Å². The second-order valence-electron chi connectivity index (χ2n) is 3.54. The summed E-state index contributed by atoms with van der Waals surface area (Å²) in [6, 6.07) is 7.72. The number of nitrogens with two attached hydrogens (primary N) is 1. The SMILES string of the molecule is Nc1nc(=O)[nH]c(C(F)(F)F)c1-c1ccccc1. The lowest BCUT2D eigenvalue weighted by Gasteiger charge is -2.13. The molecule has 1 aromatic heterocycles. The van der Waals surface area contributed by atoms with Gasteiger partial charge >= 0.3 is 11.9 Å². The summed E-state index contributed by atoms with van der Waals surface area (Å²) in [5.41, 5.74) is 3.03. The Hall–Kier alpha value is -2.31. The average Bonchev–Trinajstić information content (AvgIpc) is 2.28. The first-order chi connectivity index (χ1) is 8.39. The van der Waals surface area contributed by atoms with Gasteiger partial charge in [0.1, 0.15) is 11.5 Å². The van der Waals surface area contributed by atoms with Crippen molar-refractivity contribution in [3.8, 4) is 11.1 Å². The van der Waals surface area contributed by atoms with Crippen LogP contribution >= 0.6 is 0 Å². The van der Waals surface area contributed by atoms with Crippen molar-refractivity contribution in [3.05, 3.63) is 46.5 Å². The van der Waals surface area contributed by atoms with Crippen LogP contribution in [0.15, 0.2) is 35.1 Å². The maximum atomic E-state index is 12.8. The van der Waals surface area contributed by atoms with Crippen molar-refractivity contribution < 1.29 is 13.2 Å². The Labute approximate surface area is 99.3 Å². The molecule has 0 atom stereocenters. The number of hydrogen-bond donors (Lipinski definition) is 2. The number of anilines is 1. The molecule has 2 aromatic rings. The first-order valence-electron chi connectivity index (χ1n) is 4.92. The van der Waals surface area contributed by atoms with Gasteiger partial charge in [0.2, 0.25) is 0 Å². The molecule has 0 bridgehead atoms. The standard InChI is InChI=1S/C11H8F3N3O/c12-11(13,14)8-7(6-4-2-1-3-5-6)9(15)17-10(18)16-8/h1-5H,(H3,15,16,17,18). The maximum Gasteiger partial charge on any atom is 0.432 e. The van der Waals surface area contributed by atoms with Crippen LogP contribution in [0.4, 0.5) is 19.0 Å². The fraction of sp³-hybridized carbons (Fsp3) is 0.0909. The third kappa shape index (κ3) is 2.20. The van der Waals surface area contributed by atoms with Crippen molar-refractivity contribution in [1.29, 1.82) is 0 Å². The Kier molecular flexibility index (Phi) is 2.82. The van der Waals surface area contributed by atoms with Gasteiger partial charge in [-0.25, -0.2) is 4.79 Å². The van der Waals surface area contributed by atoms with E-state index in [1.807, 2.05) is 0 Å². The Bertz CT molecular complexity index is 620. The smallest absolute Gasteiger partial charge is 0.383 e. The minimum Gasteiger partial charge on any atom is -0.383 e. The van der Waals surface area contributed by atoms with Gasteiger partial charge in [-0.2, -0.15) is 18.2 Å². The van der Waals surface area contributed by atoms with E-state index in [9.17, 15) is 18.0 Å². The molecule has 0 saturated carbocycles. The summed E-state index contributed by atoms with van der Waals surface area (Å²) in [7, 11) is 0. The van der Waals surface area contributed by atoms with Crippen LogP contribution in [0.25, 0.3) is 11.1 Å². The van der Waals surface area contributed by atoms with Crippen LogP contribution in [-0.4, -0.2) is 9.97 Å². The van der Waals surface area contributed by atoms with Crippen LogP contribution in [0.2, 0.25) is 0 Å². The average molecular weight is 255 g/mol. The predicted molar refractivity (Wildman–Crippen MR) is 59.7 cm³/mol. The summed E-state index contributed by atoms with van der Waals surface area (Å²) in [4.78, 5) is 16.0. The maximum absolute atomic E-state index is 12.8. The van der Waals surface area contributed by atoms with E-state index >= 15 is 0 Å². The second kappa shape index (κ2) is 4.17. The summed E-state index contributed by atoms with van der Waals surface area (Å²) in [5, 5.41) is 0. The number of nitrogens with zero attached hydrogens (tertiary/aromatic N) is 1. The lowest BCUT2D eigenvalue weighted by molar-refractivity contribution is -0.140. The van der Waals surface area contributed by atoms with Crippen molar-refractivity contribution in [2.45, 2.75) is 6.18 Å². The van der Waals surface area contributed by atoms with Crippen LogP contribution < -0.4 is 11.4 Å². The Balaban J connectivity index is 2.78. The number of H-pyrrole nitrogens is 1. The van der Waals surface area contributed by atoms with Gasteiger partial charge in [0, 0.05) is 0 Å². The highest BCUT2D eigenvalue weighted by Crippen LogP contribution is 2.36. The molecule has 0 spiro atoms. The Morgan fingerprint density at radius 1 is 1.17 bits per heavy atom. The molecule has 0 unspecified atom stereocenters. The van der Waals surface area contributed by atoms with Gasteiger partial charge in [-0.15, -0.1) is 0 Å². The summed E-state index contributed by atoms with van der Waals surface area (Å²) >= 11 is 0. The van der Waals surface area contributed by atoms with Crippen molar-refractivity contribution >= 4 is 5.82 Å². The molecule has 94 valence electrons. The number of nitrogens with one attached hydrogen (secondary N) is 1. The topological polar surface area (TPSA) is 71.8 Å². The number of rotatable bonds is 1. The van der Waals surface area contributed by atoms with E-state index < -0.39 is 23.4 Å². The Morgan fingerprint density at radius 2 is 1.78 bits per heavy atom. The Morgan fingerprint density at radius 3 is 2.33 bits per heavy atom. The van der Waals surface area contributed by atoms with Gasteiger partial charge in [-0.1, -0.05) is 30.3 Å². The summed E-state index contributed by atoms with van der Waals surface area (Å²) in [6.45, 7) is 0. The quantitative estimate of drug-likeness (QED) is 0.819. The minimum absolute atomic E-state index is 0.242. The van der Waals surface area contributed by atoms with E-state index in [-0.39, 0.29) is 11.1 Å². The number of halogens is 3. The van der Waals surface area contributed by atoms with Crippen molar-refractivity contribution in [1.82, 2.24) is 9.97 Å². The highest BCUT2D eigenvalue weighted by Gasteiger charge is 2.36. The molecule has 0 aliphatic heterocycles. The fourth-order valence-corrected chi connectivity index (χ4v) is 1.60. The number of aromatic amines is 1. The molecule has 0 aliphatic rings. The van der Waals surface area contributed by atoms with Gasteiger partial charge in [-0.3, -0.25) is 0 Å². The third-order valence-electron chi connectivity index (χ3n) is 2.31. The summed E-state index contributed by atoms with van der Waals surface area (Å²) < 4.78 is 38.5. The number of aromatic nitrogens is 2. The number of hydrogen-bond acceptors (Lipinski definition) is 3. The molecule has 0 fully saturated rings. The number of nitrogen functional groups attached to an aromatic ring is 1. The van der Waals surface area contributed by atoms with Gasteiger partial charge in [-0.05, 0) is 5.56 Å². The lowest BCUT2D eigenvalue weighted by Crippen LogP contribution is -2.22. The lowest BCUT2D eigenvalue weighted by atomic mass is 10.0. The zero-order chi connectivity index (χ0) is 13.3. The summed E-state index contributed by atoms with van der Waals surface area (Å²) in [5.74, 6) is -0.447. The van der Waals surface area contributed by atoms with Gasteiger partial charge in [0.15, 0.2) is 0 Å². The first-order valence-corrected chi connectivity index (χ1v) is 4.92. The molecule has 2 rings (SSSR count). The molecule has 0 saturated heterocycles. The third-order valence-corrected chi connectivity index (χ3v) is 2.31. The molecule has 1 aromatic carbocycles. The van der Waals surface area contributed by atoms with E-state index in [1.54, 1.807) is 23.2 Å². The molecule has 0 amide bonds. The first kappa shape index (κ1) is 12.2. The van der Waals surface area contributed by atoms with Gasteiger partial charge in [0.05, 0.1) is 5.56 Å². The molecule has 18 heavy (non-hydrogen) atoms. The van der Waals surface area contributed by atoms with Crippen molar-refractivity contribution in [2.24, 2.45) is 0 Å². The van der Waals surface area contributed by atoms with E-state index in [1.165, 1.54) is 12.1 Å². The van der Waals surface area contributed by atoms with E-state index in [2.05, 4.69) is 4.98 Å². The van der Waals surface area contributed by atoms with Crippen LogP contribution in [0.1, 0.15) is 5.69 Å². The van der Waals surface area contributed by atoms with Gasteiger partial charge in [0.25, 0.3) is 0 Å². The van der Waals surface area contributed by atoms with Crippen LogP contribution in [-0.2, 0) is 6.18 Å². The van der Waals surface area contributed by atoms with E-state index in [4.69, 9.17) is 5.73 Å². The van der Waals surface area contributed by atoms with Gasteiger partial charge < -0.3 is 10.7 Å². The largest absolute Gasteiger partial charge is 0.432 e. The van der Waals surface area contributed by atoms with Crippen molar-refractivity contribution in [3.63, 3.8) is 0 Å². The molecule has 0 radical (unpaired) electrons. The highest BCUT2D eigenvalue weighted by atomic mass is 19.4. The van der Waals surface area contributed by atoms with Crippen LogP contribution in [0, 0.1) is 0 Å². The van der Waals surface area contributed by atoms with E-state index in [0.29, 0.717) is 0 Å². The van der Waals surface area contributed by atoms with E-state index in [0.717, 1.165) is 0 Å². The number of alkyl halides is 3. The molecule has 0 aliphatic carbocycles. The molecular weight excluding hydrogens is 247 g/mol. The normalized spacial score (nSPS) is 11.5. The molecule has 1 heterocycles. The van der Waals surface area contributed by atoms with Crippen molar-refractivity contribution in [2.75, 3.05) is 5.73 Å². The molecule has 7 heteroatoms. The fourth-order valence-electron chi connectivity index (χ4n) is 1.60.